The van der Waals surface area contributed by atoms with Crippen LogP contribution in [0.5, 0.6) is 5.75 Å². The number of phenols is 1. The summed E-state index contributed by atoms with van der Waals surface area (Å²) in [7, 11) is 0. The van der Waals surface area contributed by atoms with Crippen molar-refractivity contribution in [3.63, 3.8) is 0 Å². The van der Waals surface area contributed by atoms with Gasteiger partial charge >= 0.3 is 0 Å². The highest BCUT2D eigenvalue weighted by atomic mass is 35.5. The number of halogens is 2. The highest BCUT2D eigenvalue weighted by Crippen LogP contribution is 2.36. The minimum absolute atomic E-state index is 0.0529. The van der Waals surface area contributed by atoms with Crippen molar-refractivity contribution in [2.24, 2.45) is 5.92 Å². The number of rotatable bonds is 4. The van der Waals surface area contributed by atoms with Gasteiger partial charge in [0.15, 0.2) is 0 Å². The minimum Gasteiger partial charge on any atom is -0.506 e. The van der Waals surface area contributed by atoms with Gasteiger partial charge in [-0.3, -0.25) is 0 Å². The summed E-state index contributed by atoms with van der Waals surface area (Å²) in [5.74, 6) is 0.630. The summed E-state index contributed by atoms with van der Waals surface area (Å²) in [6.45, 7) is 7.14. The predicted molar refractivity (Wildman–Crippen MR) is 69.4 cm³/mol. The highest BCUT2D eigenvalue weighted by Gasteiger charge is 2.14. The molecule has 0 aliphatic heterocycles. The molecule has 2 N–H and O–H groups in total. The molecule has 90 valence electrons. The van der Waals surface area contributed by atoms with Crippen LogP contribution in [0.15, 0.2) is 12.1 Å². The summed E-state index contributed by atoms with van der Waals surface area (Å²) < 4.78 is 0. The van der Waals surface area contributed by atoms with Crippen molar-refractivity contribution in [2.75, 3.05) is 6.54 Å². The van der Waals surface area contributed by atoms with E-state index in [1.165, 1.54) is 0 Å². The zero-order chi connectivity index (χ0) is 12.3. The van der Waals surface area contributed by atoms with E-state index in [0.717, 1.165) is 12.1 Å². The minimum atomic E-state index is 0.0529. The van der Waals surface area contributed by atoms with Crippen LogP contribution < -0.4 is 5.32 Å². The van der Waals surface area contributed by atoms with Crippen LogP contribution in [0.4, 0.5) is 0 Å². The van der Waals surface area contributed by atoms with E-state index in [4.69, 9.17) is 23.2 Å². The molecule has 1 rings (SSSR count). The number of nitrogens with one attached hydrogen (secondary N) is 1. The van der Waals surface area contributed by atoms with Crippen molar-refractivity contribution in [1.82, 2.24) is 5.32 Å². The van der Waals surface area contributed by atoms with Gasteiger partial charge in [-0.2, -0.15) is 0 Å². The van der Waals surface area contributed by atoms with E-state index >= 15 is 0 Å². The van der Waals surface area contributed by atoms with Gasteiger partial charge in [0, 0.05) is 11.6 Å². The van der Waals surface area contributed by atoms with Crippen LogP contribution in [-0.4, -0.2) is 11.7 Å². The lowest BCUT2D eigenvalue weighted by Gasteiger charge is -2.18. The van der Waals surface area contributed by atoms with Crippen molar-refractivity contribution in [2.45, 2.75) is 26.8 Å². The van der Waals surface area contributed by atoms with E-state index < -0.39 is 0 Å². The van der Waals surface area contributed by atoms with E-state index in [1.54, 1.807) is 12.1 Å². The number of hydrogen-bond acceptors (Lipinski definition) is 2. The van der Waals surface area contributed by atoms with Gasteiger partial charge in [-0.05, 0) is 25.5 Å². The van der Waals surface area contributed by atoms with Gasteiger partial charge in [0.05, 0.1) is 5.02 Å². The molecule has 2 nitrogen and oxygen atoms in total. The van der Waals surface area contributed by atoms with Gasteiger partial charge in [0.1, 0.15) is 10.8 Å². The Bertz CT molecular complexity index is 366. The topological polar surface area (TPSA) is 32.3 Å². The summed E-state index contributed by atoms with van der Waals surface area (Å²) in [6, 6.07) is 3.55. The van der Waals surface area contributed by atoms with Crippen molar-refractivity contribution in [1.29, 1.82) is 0 Å². The first-order chi connectivity index (χ1) is 7.43. The average Bonchev–Trinajstić information content (AvgIpc) is 2.23. The maximum atomic E-state index is 9.86. The molecule has 1 atom stereocenters. The van der Waals surface area contributed by atoms with Crippen molar-refractivity contribution < 1.29 is 5.11 Å². The lowest BCUT2D eigenvalue weighted by Crippen LogP contribution is -2.23. The normalized spacial score (nSPS) is 13.1. The third-order valence-electron chi connectivity index (χ3n) is 2.40. The fourth-order valence-corrected chi connectivity index (χ4v) is 1.75. The third kappa shape index (κ3) is 3.27. The molecule has 0 aliphatic carbocycles. The van der Waals surface area contributed by atoms with Crippen LogP contribution in [0, 0.1) is 5.92 Å². The van der Waals surface area contributed by atoms with Gasteiger partial charge in [0.2, 0.25) is 0 Å². The fourth-order valence-electron chi connectivity index (χ4n) is 1.43. The first-order valence-electron chi connectivity index (χ1n) is 5.33. The molecule has 0 radical (unpaired) electrons. The van der Waals surface area contributed by atoms with Gasteiger partial charge < -0.3 is 10.4 Å². The summed E-state index contributed by atoms with van der Waals surface area (Å²) in [4.78, 5) is 0. The molecule has 0 spiro atoms. The molecule has 0 fully saturated rings. The summed E-state index contributed by atoms with van der Waals surface area (Å²) in [6.07, 6.45) is 0. The molecule has 0 amide bonds. The van der Waals surface area contributed by atoms with Gasteiger partial charge in [-0.25, -0.2) is 0 Å². The van der Waals surface area contributed by atoms with Gasteiger partial charge in [-0.15, -0.1) is 0 Å². The highest BCUT2D eigenvalue weighted by molar-refractivity contribution is 6.43. The van der Waals surface area contributed by atoms with Crippen LogP contribution in [0.25, 0.3) is 0 Å². The van der Waals surface area contributed by atoms with Crippen molar-refractivity contribution >= 4 is 23.2 Å². The molecule has 0 bridgehead atoms. The van der Waals surface area contributed by atoms with E-state index in [2.05, 4.69) is 19.2 Å². The first kappa shape index (κ1) is 13.6. The Morgan fingerprint density at radius 1 is 1.25 bits per heavy atom. The van der Waals surface area contributed by atoms with Crippen molar-refractivity contribution in [3.8, 4) is 5.75 Å². The molecule has 16 heavy (non-hydrogen) atoms. The smallest absolute Gasteiger partial charge is 0.140 e. The Hall–Kier alpha value is -0.440. The van der Waals surface area contributed by atoms with E-state index in [9.17, 15) is 5.11 Å². The summed E-state index contributed by atoms with van der Waals surface area (Å²) >= 11 is 11.7. The van der Waals surface area contributed by atoms with Crippen LogP contribution in [-0.2, 0) is 0 Å². The molecular formula is C12H17Cl2NO. The Morgan fingerprint density at radius 2 is 1.88 bits per heavy atom. The molecule has 1 aromatic rings. The van der Waals surface area contributed by atoms with Crippen LogP contribution in [0.1, 0.15) is 32.4 Å². The first-order valence-corrected chi connectivity index (χ1v) is 6.09. The number of benzene rings is 1. The Labute approximate surface area is 107 Å². The standard InChI is InChI=1S/C12H17Cl2NO/c1-7(2)6-15-8(3)9-4-5-10(13)11(14)12(9)16/h4-5,7-8,15-16H,6H2,1-3H3. The number of hydrogen-bond donors (Lipinski definition) is 2. The maximum absolute atomic E-state index is 9.86. The molecule has 0 heterocycles. The average molecular weight is 262 g/mol. The summed E-state index contributed by atoms with van der Waals surface area (Å²) in [5.41, 5.74) is 0.773. The molecule has 0 saturated carbocycles. The second kappa shape index (κ2) is 5.76. The lowest BCUT2D eigenvalue weighted by atomic mass is 10.1. The van der Waals surface area contributed by atoms with Crippen LogP contribution in [0.2, 0.25) is 10.0 Å². The SMILES string of the molecule is CC(C)CNC(C)c1ccc(Cl)c(Cl)c1O. The van der Waals surface area contributed by atoms with E-state index in [-0.39, 0.29) is 16.8 Å². The van der Waals surface area contributed by atoms with Gasteiger partial charge in [-0.1, -0.05) is 43.1 Å². The fraction of sp³-hybridized carbons (Fsp3) is 0.500. The molecule has 0 aliphatic rings. The monoisotopic (exact) mass is 261 g/mol. The zero-order valence-corrected chi connectivity index (χ0v) is 11.2. The molecule has 0 saturated heterocycles. The Kier molecular flexibility index (Phi) is 4.90. The quantitative estimate of drug-likeness (QED) is 0.859. The predicted octanol–water partition coefficient (Wildman–Crippen LogP) is 4.01. The van der Waals surface area contributed by atoms with E-state index in [0.29, 0.717) is 10.9 Å². The zero-order valence-electron chi connectivity index (χ0n) is 9.72. The molecule has 1 unspecified atom stereocenters. The molecule has 0 aromatic heterocycles. The molecular weight excluding hydrogens is 245 g/mol. The van der Waals surface area contributed by atoms with Crippen LogP contribution >= 0.6 is 23.2 Å². The molecule has 1 aromatic carbocycles. The van der Waals surface area contributed by atoms with Crippen molar-refractivity contribution in [3.05, 3.63) is 27.7 Å². The van der Waals surface area contributed by atoms with Gasteiger partial charge in [0.25, 0.3) is 0 Å². The third-order valence-corrected chi connectivity index (χ3v) is 3.19. The second-order valence-corrected chi connectivity index (χ2v) is 5.11. The van der Waals surface area contributed by atoms with Crippen LogP contribution in [0.3, 0.4) is 0 Å². The Balaban J connectivity index is 2.84. The largest absolute Gasteiger partial charge is 0.506 e. The Morgan fingerprint density at radius 3 is 2.44 bits per heavy atom. The second-order valence-electron chi connectivity index (χ2n) is 4.32. The summed E-state index contributed by atoms with van der Waals surface area (Å²) in [5, 5.41) is 13.8. The van der Waals surface area contributed by atoms with E-state index in [1.807, 2.05) is 6.92 Å². The molecule has 4 heteroatoms. The maximum Gasteiger partial charge on any atom is 0.140 e. The number of aromatic hydroxyl groups is 1. The lowest BCUT2D eigenvalue weighted by molar-refractivity contribution is 0.442. The number of phenolic OH excluding ortho intramolecular Hbond substituents is 1.